The molecule has 2 aliphatic rings. The molecule has 1 heterocycles. The Labute approximate surface area is 157 Å². The first kappa shape index (κ1) is 18.9. The van der Waals surface area contributed by atoms with Crippen LogP contribution >= 0.6 is 0 Å². The summed E-state index contributed by atoms with van der Waals surface area (Å²) in [5, 5.41) is 2.92. The summed E-state index contributed by atoms with van der Waals surface area (Å²) < 4.78 is 0. The van der Waals surface area contributed by atoms with E-state index in [4.69, 9.17) is 0 Å². The second-order valence-electron chi connectivity index (χ2n) is 9.79. The van der Waals surface area contributed by atoms with Crippen LogP contribution in [-0.4, -0.2) is 29.3 Å². The predicted molar refractivity (Wildman–Crippen MR) is 105 cm³/mol. The number of anilines is 1. The minimum atomic E-state index is -0.504. The number of para-hydroxylation sites is 1. The normalized spacial score (nSPS) is 26.9. The highest BCUT2D eigenvalue weighted by atomic mass is 16.2. The Morgan fingerprint density at radius 1 is 1.19 bits per heavy atom. The SMILES string of the molecule is Cc1cccc(C(C)C)c1NC(=O)C(=O)N1CC2(C)CC1CC(C)(C)C2. The molecule has 1 aromatic rings. The van der Waals surface area contributed by atoms with E-state index in [1.807, 2.05) is 30.0 Å². The van der Waals surface area contributed by atoms with Gasteiger partial charge in [0.05, 0.1) is 0 Å². The van der Waals surface area contributed by atoms with Gasteiger partial charge in [-0.25, -0.2) is 0 Å². The fraction of sp³-hybridized carbons (Fsp3) is 0.636. The molecule has 3 rings (SSSR count). The number of amides is 2. The highest BCUT2D eigenvalue weighted by molar-refractivity contribution is 6.39. The molecule has 1 aliphatic carbocycles. The van der Waals surface area contributed by atoms with Crippen LogP contribution in [0.25, 0.3) is 0 Å². The smallest absolute Gasteiger partial charge is 0.313 e. The second kappa shape index (κ2) is 6.40. The van der Waals surface area contributed by atoms with Gasteiger partial charge in [-0.2, -0.15) is 0 Å². The van der Waals surface area contributed by atoms with Gasteiger partial charge >= 0.3 is 11.8 Å². The molecule has 26 heavy (non-hydrogen) atoms. The molecule has 2 bridgehead atoms. The third kappa shape index (κ3) is 3.51. The van der Waals surface area contributed by atoms with Crippen LogP contribution in [0.1, 0.15) is 70.9 Å². The molecule has 1 N–H and O–H groups in total. The van der Waals surface area contributed by atoms with Crippen molar-refractivity contribution in [2.45, 2.75) is 72.8 Å². The van der Waals surface area contributed by atoms with Crippen molar-refractivity contribution in [1.29, 1.82) is 0 Å². The molecular weight excluding hydrogens is 324 g/mol. The summed E-state index contributed by atoms with van der Waals surface area (Å²) in [4.78, 5) is 27.6. The number of benzene rings is 1. The van der Waals surface area contributed by atoms with Crippen LogP contribution in [-0.2, 0) is 9.59 Å². The summed E-state index contributed by atoms with van der Waals surface area (Å²) >= 11 is 0. The zero-order chi connectivity index (χ0) is 19.3. The minimum Gasteiger partial charge on any atom is -0.331 e. The van der Waals surface area contributed by atoms with E-state index in [1.54, 1.807) is 0 Å². The Balaban J connectivity index is 1.79. The van der Waals surface area contributed by atoms with Gasteiger partial charge in [0.2, 0.25) is 0 Å². The topological polar surface area (TPSA) is 49.4 Å². The van der Waals surface area contributed by atoms with Gasteiger partial charge in [0, 0.05) is 18.3 Å². The molecule has 4 heteroatoms. The summed E-state index contributed by atoms with van der Waals surface area (Å²) in [7, 11) is 0. The fourth-order valence-corrected chi connectivity index (χ4v) is 5.34. The van der Waals surface area contributed by atoms with E-state index in [2.05, 4.69) is 39.9 Å². The molecule has 0 radical (unpaired) electrons. The molecule has 2 atom stereocenters. The monoisotopic (exact) mass is 356 g/mol. The van der Waals surface area contributed by atoms with Crippen LogP contribution in [0.15, 0.2) is 18.2 Å². The van der Waals surface area contributed by atoms with Crippen LogP contribution in [0.2, 0.25) is 0 Å². The first-order valence-corrected chi connectivity index (χ1v) is 9.73. The van der Waals surface area contributed by atoms with Crippen molar-refractivity contribution >= 4 is 17.5 Å². The van der Waals surface area contributed by atoms with Crippen LogP contribution in [0, 0.1) is 17.8 Å². The van der Waals surface area contributed by atoms with Gasteiger partial charge in [-0.15, -0.1) is 0 Å². The zero-order valence-electron chi connectivity index (χ0n) is 17.0. The highest BCUT2D eigenvalue weighted by Gasteiger charge is 2.51. The maximum Gasteiger partial charge on any atom is 0.313 e. The maximum absolute atomic E-state index is 13.0. The van der Waals surface area contributed by atoms with E-state index in [0.717, 1.165) is 36.1 Å². The molecule has 1 aromatic carbocycles. The standard InChI is InChI=1S/C22H32N2O2/c1-14(2)17-9-7-8-15(3)18(17)23-19(25)20(26)24-13-22(6)11-16(24)10-21(4,5)12-22/h7-9,14,16H,10-13H2,1-6H3,(H,23,25). The number of carbonyl (C=O) groups excluding carboxylic acids is 2. The number of likely N-dealkylation sites (tertiary alicyclic amines) is 1. The number of hydrogen-bond donors (Lipinski definition) is 1. The lowest BCUT2D eigenvalue weighted by molar-refractivity contribution is -0.144. The van der Waals surface area contributed by atoms with E-state index in [1.165, 1.54) is 0 Å². The summed E-state index contributed by atoms with van der Waals surface area (Å²) in [6.07, 6.45) is 3.09. The van der Waals surface area contributed by atoms with Crippen LogP contribution < -0.4 is 5.32 Å². The Morgan fingerprint density at radius 2 is 1.88 bits per heavy atom. The van der Waals surface area contributed by atoms with E-state index < -0.39 is 5.91 Å². The minimum absolute atomic E-state index is 0.133. The average molecular weight is 357 g/mol. The lowest BCUT2D eigenvalue weighted by Gasteiger charge is -2.39. The number of nitrogens with zero attached hydrogens (tertiary/aromatic N) is 1. The molecular formula is C22H32N2O2. The van der Waals surface area contributed by atoms with Gasteiger partial charge in [-0.05, 0) is 54.1 Å². The lowest BCUT2D eigenvalue weighted by Crippen LogP contribution is -2.43. The molecule has 1 saturated heterocycles. The van der Waals surface area contributed by atoms with Crippen molar-refractivity contribution in [3.63, 3.8) is 0 Å². The summed E-state index contributed by atoms with van der Waals surface area (Å²) in [5.41, 5.74) is 3.21. The summed E-state index contributed by atoms with van der Waals surface area (Å²) in [6.45, 7) is 13.7. The van der Waals surface area contributed by atoms with Gasteiger partial charge in [-0.1, -0.05) is 52.8 Å². The number of carbonyl (C=O) groups is 2. The number of hydrogen-bond acceptors (Lipinski definition) is 2. The molecule has 1 saturated carbocycles. The van der Waals surface area contributed by atoms with Crippen LogP contribution in [0.5, 0.6) is 0 Å². The predicted octanol–water partition coefficient (Wildman–Crippen LogP) is 4.48. The first-order valence-electron chi connectivity index (χ1n) is 9.73. The van der Waals surface area contributed by atoms with Crippen molar-refractivity contribution in [2.75, 3.05) is 11.9 Å². The molecule has 2 amide bonds. The van der Waals surface area contributed by atoms with Crippen molar-refractivity contribution in [3.8, 4) is 0 Å². The third-order valence-electron chi connectivity index (χ3n) is 6.04. The van der Waals surface area contributed by atoms with Crippen molar-refractivity contribution in [2.24, 2.45) is 10.8 Å². The molecule has 0 aromatic heterocycles. The molecule has 4 nitrogen and oxygen atoms in total. The van der Waals surface area contributed by atoms with E-state index in [0.29, 0.717) is 6.54 Å². The molecule has 2 fully saturated rings. The third-order valence-corrected chi connectivity index (χ3v) is 6.04. The van der Waals surface area contributed by atoms with Crippen LogP contribution in [0.4, 0.5) is 5.69 Å². The molecule has 2 unspecified atom stereocenters. The Hall–Kier alpha value is -1.84. The van der Waals surface area contributed by atoms with E-state index >= 15 is 0 Å². The van der Waals surface area contributed by atoms with Crippen molar-refractivity contribution in [1.82, 2.24) is 4.90 Å². The largest absolute Gasteiger partial charge is 0.331 e. The Morgan fingerprint density at radius 3 is 2.54 bits per heavy atom. The van der Waals surface area contributed by atoms with Gasteiger partial charge in [0.15, 0.2) is 0 Å². The van der Waals surface area contributed by atoms with Gasteiger partial charge in [0.25, 0.3) is 0 Å². The summed E-state index contributed by atoms with van der Waals surface area (Å²) in [6, 6.07) is 6.17. The number of rotatable bonds is 2. The lowest BCUT2D eigenvalue weighted by atomic mass is 9.65. The van der Waals surface area contributed by atoms with Gasteiger partial charge in [-0.3, -0.25) is 9.59 Å². The van der Waals surface area contributed by atoms with Crippen LogP contribution in [0.3, 0.4) is 0 Å². The fourth-order valence-electron chi connectivity index (χ4n) is 5.34. The van der Waals surface area contributed by atoms with E-state index in [-0.39, 0.29) is 28.7 Å². The molecule has 142 valence electrons. The first-order chi connectivity index (χ1) is 12.0. The van der Waals surface area contributed by atoms with Gasteiger partial charge in [0.1, 0.15) is 0 Å². The van der Waals surface area contributed by atoms with E-state index in [9.17, 15) is 9.59 Å². The number of aryl methyl sites for hydroxylation is 1. The maximum atomic E-state index is 13.0. The van der Waals surface area contributed by atoms with Crippen molar-refractivity contribution in [3.05, 3.63) is 29.3 Å². The Kier molecular flexibility index (Phi) is 4.66. The van der Waals surface area contributed by atoms with Crippen molar-refractivity contribution < 1.29 is 9.59 Å². The molecule has 1 aliphatic heterocycles. The zero-order valence-corrected chi connectivity index (χ0v) is 17.0. The highest BCUT2D eigenvalue weighted by Crippen LogP contribution is 2.52. The molecule has 0 spiro atoms. The van der Waals surface area contributed by atoms with Gasteiger partial charge < -0.3 is 10.2 Å². The number of nitrogens with one attached hydrogen (secondary N) is 1. The average Bonchev–Trinajstić information content (AvgIpc) is 2.77. The second-order valence-corrected chi connectivity index (χ2v) is 9.79. The summed E-state index contributed by atoms with van der Waals surface area (Å²) in [5.74, 6) is -0.601. The quantitative estimate of drug-likeness (QED) is 0.794. The Bertz CT molecular complexity index is 738. The number of fused-ring (bicyclic) bond motifs is 2.